The number of furan rings is 1. The van der Waals surface area contributed by atoms with Gasteiger partial charge >= 0.3 is 0 Å². The lowest BCUT2D eigenvalue weighted by atomic mass is 10.1. The van der Waals surface area contributed by atoms with E-state index in [9.17, 15) is 9.59 Å². The minimum absolute atomic E-state index is 0.157. The van der Waals surface area contributed by atoms with Gasteiger partial charge in [0.05, 0.1) is 11.8 Å². The van der Waals surface area contributed by atoms with Gasteiger partial charge in [0.1, 0.15) is 5.76 Å². The molecule has 0 aliphatic carbocycles. The Morgan fingerprint density at radius 1 is 1.10 bits per heavy atom. The fraction of sp³-hybridized carbons (Fsp3) is 0.200. The Labute approximate surface area is 117 Å². The first-order valence-electron chi connectivity index (χ1n) is 6.21. The van der Waals surface area contributed by atoms with E-state index in [-0.39, 0.29) is 11.8 Å². The third kappa shape index (κ3) is 3.06. The average molecular weight is 272 g/mol. The number of nitrogens with one attached hydrogen (secondary N) is 2. The first-order valence-corrected chi connectivity index (χ1v) is 6.21. The van der Waals surface area contributed by atoms with Crippen molar-refractivity contribution in [2.24, 2.45) is 0 Å². The van der Waals surface area contributed by atoms with Gasteiger partial charge in [0.25, 0.3) is 5.91 Å². The van der Waals surface area contributed by atoms with E-state index >= 15 is 0 Å². The molecule has 104 valence electrons. The van der Waals surface area contributed by atoms with Gasteiger partial charge in [0.2, 0.25) is 5.91 Å². The molecule has 0 bridgehead atoms. The van der Waals surface area contributed by atoms with Gasteiger partial charge in [-0.1, -0.05) is 6.07 Å². The van der Waals surface area contributed by atoms with E-state index in [0.717, 1.165) is 5.56 Å². The van der Waals surface area contributed by atoms with Crippen molar-refractivity contribution >= 4 is 23.2 Å². The molecule has 0 radical (unpaired) electrons. The molecule has 2 aromatic rings. The number of anilines is 2. The zero-order valence-corrected chi connectivity index (χ0v) is 11.6. The van der Waals surface area contributed by atoms with Crippen LogP contribution in [0.15, 0.2) is 34.9 Å². The Hall–Kier alpha value is -2.56. The largest absolute Gasteiger partial charge is 0.469 e. The second kappa shape index (κ2) is 5.61. The number of carbonyl (C=O) groups excluding carboxylic acids is 2. The van der Waals surface area contributed by atoms with Gasteiger partial charge in [-0.05, 0) is 32.0 Å². The lowest BCUT2D eigenvalue weighted by molar-refractivity contribution is -0.114. The number of aryl methyl sites for hydroxylation is 2. The molecule has 2 N–H and O–H groups in total. The molecule has 1 aromatic heterocycles. The first kappa shape index (κ1) is 13.9. The molecule has 0 fully saturated rings. The van der Waals surface area contributed by atoms with Crippen molar-refractivity contribution in [1.82, 2.24) is 0 Å². The maximum atomic E-state index is 12.2. The quantitative estimate of drug-likeness (QED) is 0.901. The maximum absolute atomic E-state index is 12.2. The average Bonchev–Trinajstić information content (AvgIpc) is 2.68. The summed E-state index contributed by atoms with van der Waals surface area (Å²) in [6.45, 7) is 5.00. The number of hydrogen-bond donors (Lipinski definition) is 2. The second-order valence-corrected chi connectivity index (χ2v) is 4.57. The Balaban J connectivity index is 2.18. The van der Waals surface area contributed by atoms with Crippen LogP contribution in [0.25, 0.3) is 0 Å². The molecule has 1 aromatic carbocycles. The summed E-state index contributed by atoms with van der Waals surface area (Å²) in [6.07, 6.45) is 1.55. The minimum atomic E-state index is -0.228. The van der Waals surface area contributed by atoms with Crippen LogP contribution in [0.5, 0.6) is 0 Å². The van der Waals surface area contributed by atoms with Gasteiger partial charge in [-0.15, -0.1) is 0 Å². The van der Waals surface area contributed by atoms with Crippen molar-refractivity contribution in [2.75, 3.05) is 10.6 Å². The number of rotatable bonds is 3. The van der Waals surface area contributed by atoms with E-state index in [0.29, 0.717) is 22.7 Å². The summed E-state index contributed by atoms with van der Waals surface area (Å²) in [6, 6.07) is 6.97. The molecule has 20 heavy (non-hydrogen) atoms. The Morgan fingerprint density at radius 3 is 2.30 bits per heavy atom. The van der Waals surface area contributed by atoms with Gasteiger partial charge in [0, 0.05) is 23.9 Å². The van der Waals surface area contributed by atoms with Crippen molar-refractivity contribution < 1.29 is 14.0 Å². The van der Waals surface area contributed by atoms with Crippen LogP contribution in [-0.4, -0.2) is 11.8 Å². The summed E-state index contributed by atoms with van der Waals surface area (Å²) in [5.74, 6) is 0.196. The zero-order chi connectivity index (χ0) is 14.7. The first-order chi connectivity index (χ1) is 9.47. The fourth-order valence-corrected chi connectivity index (χ4v) is 1.98. The molecule has 5 nitrogen and oxygen atoms in total. The predicted octanol–water partition coefficient (Wildman–Crippen LogP) is 3.11. The summed E-state index contributed by atoms with van der Waals surface area (Å²) in [7, 11) is 0. The van der Waals surface area contributed by atoms with Crippen LogP contribution in [0, 0.1) is 13.8 Å². The van der Waals surface area contributed by atoms with Crippen molar-refractivity contribution in [3.05, 3.63) is 47.4 Å². The highest BCUT2D eigenvalue weighted by molar-refractivity contribution is 6.06. The lowest BCUT2D eigenvalue weighted by Crippen LogP contribution is -2.14. The third-order valence-corrected chi connectivity index (χ3v) is 2.83. The molecule has 0 aliphatic rings. The summed E-state index contributed by atoms with van der Waals surface area (Å²) in [4.78, 5) is 23.2. The van der Waals surface area contributed by atoms with Gasteiger partial charge in [0.15, 0.2) is 0 Å². The van der Waals surface area contributed by atoms with E-state index in [1.807, 2.05) is 6.92 Å². The standard InChI is InChI=1S/C15H16N2O3/c1-9-8-20-10(2)14(9)15(19)17-13-6-4-5-12(7-13)16-11(3)18/h4-8H,1-3H3,(H,16,18)(H,17,19). The smallest absolute Gasteiger partial charge is 0.259 e. The monoisotopic (exact) mass is 272 g/mol. The van der Waals surface area contributed by atoms with Gasteiger partial charge < -0.3 is 15.1 Å². The normalized spacial score (nSPS) is 10.2. The van der Waals surface area contributed by atoms with Crippen LogP contribution in [0.2, 0.25) is 0 Å². The molecule has 2 rings (SSSR count). The van der Waals surface area contributed by atoms with E-state index < -0.39 is 0 Å². The van der Waals surface area contributed by atoms with Crippen molar-refractivity contribution in [2.45, 2.75) is 20.8 Å². The van der Waals surface area contributed by atoms with E-state index in [1.165, 1.54) is 6.92 Å². The Kier molecular flexibility index (Phi) is 3.89. The van der Waals surface area contributed by atoms with Crippen molar-refractivity contribution in [1.29, 1.82) is 0 Å². The zero-order valence-electron chi connectivity index (χ0n) is 11.6. The number of hydrogen-bond acceptors (Lipinski definition) is 3. The number of amides is 2. The van der Waals surface area contributed by atoms with Gasteiger partial charge in [-0.3, -0.25) is 9.59 Å². The minimum Gasteiger partial charge on any atom is -0.469 e. The molecule has 2 amide bonds. The predicted molar refractivity (Wildman–Crippen MR) is 76.9 cm³/mol. The molecule has 0 aliphatic heterocycles. The molecule has 0 atom stereocenters. The van der Waals surface area contributed by atoms with E-state index in [2.05, 4.69) is 10.6 Å². The Bertz CT molecular complexity index is 639. The summed E-state index contributed by atoms with van der Waals surface area (Å²) < 4.78 is 5.21. The molecule has 0 spiro atoms. The topological polar surface area (TPSA) is 71.3 Å². The van der Waals surface area contributed by atoms with Crippen molar-refractivity contribution in [3.63, 3.8) is 0 Å². The highest BCUT2D eigenvalue weighted by Gasteiger charge is 2.15. The Morgan fingerprint density at radius 2 is 1.75 bits per heavy atom. The third-order valence-electron chi connectivity index (χ3n) is 2.83. The highest BCUT2D eigenvalue weighted by Crippen LogP contribution is 2.19. The van der Waals surface area contributed by atoms with Gasteiger partial charge in [-0.2, -0.15) is 0 Å². The SMILES string of the molecule is CC(=O)Nc1cccc(NC(=O)c2c(C)coc2C)c1. The molecular formula is C15H16N2O3. The molecule has 0 unspecified atom stereocenters. The maximum Gasteiger partial charge on any atom is 0.259 e. The van der Waals surface area contributed by atoms with Crippen LogP contribution < -0.4 is 10.6 Å². The van der Waals surface area contributed by atoms with E-state index in [4.69, 9.17) is 4.42 Å². The summed E-state index contributed by atoms with van der Waals surface area (Å²) >= 11 is 0. The van der Waals surface area contributed by atoms with Crippen LogP contribution in [0.1, 0.15) is 28.6 Å². The molecule has 5 heteroatoms. The summed E-state index contributed by atoms with van der Waals surface area (Å²) in [5.41, 5.74) is 2.57. The van der Waals surface area contributed by atoms with E-state index in [1.54, 1.807) is 37.5 Å². The molecule has 0 saturated heterocycles. The van der Waals surface area contributed by atoms with Crippen LogP contribution >= 0.6 is 0 Å². The van der Waals surface area contributed by atoms with Crippen LogP contribution in [0.4, 0.5) is 11.4 Å². The van der Waals surface area contributed by atoms with Gasteiger partial charge in [-0.25, -0.2) is 0 Å². The van der Waals surface area contributed by atoms with Crippen LogP contribution in [0.3, 0.4) is 0 Å². The molecule has 1 heterocycles. The molecule has 0 saturated carbocycles. The fourth-order valence-electron chi connectivity index (χ4n) is 1.98. The van der Waals surface area contributed by atoms with Crippen molar-refractivity contribution in [3.8, 4) is 0 Å². The number of carbonyl (C=O) groups is 2. The molecular weight excluding hydrogens is 256 g/mol. The summed E-state index contributed by atoms with van der Waals surface area (Å²) in [5, 5.41) is 5.46. The lowest BCUT2D eigenvalue weighted by Gasteiger charge is -2.08. The van der Waals surface area contributed by atoms with Crippen LogP contribution in [-0.2, 0) is 4.79 Å². The second-order valence-electron chi connectivity index (χ2n) is 4.57. The highest BCUT2D eigenvalue weighted by atomic mass is 16.3. The number of benzene rings is 1.